The molecule has 4 rings (SSSR count). The van der Waals surface area contributed by atoms with Crippen LogP contribution in [0.4, 0.5) is 11.6 Å². The van der Waals surface area contributed by atoms with Crippen molar-refractivity contribution in [2.75, 3.05) is 12.4 Å². The Balaban J connectivity index is 1.74. The number of rotatable bonds is 4. The van der Waals surface area contributed by atoms with Gasteiger partial charge in [-0.25, -0.2) is 9.67 Å². The number of ether oxygens (including phenoxy) is 1. The first-order chi connectivity index (χ1) is 12.2. The molecule has 0 saturated heterocycles. The standard InChI is InChI=1S/C18H15N5O2/c1-25-16-7-3-5-14(9-16)23-17-12(11-20-23)10-19-18(22-17)21-13-4-2-6-15(24)8-13/h2-11,24H,1H3,(H,19,21,22). The maximum atomic E-state index is 9.57. The molecule has 25 heavy (non-hydrogen) atoms. The number of methoxy groups -OCH3 is 1. The van der Waals surface area contributed by atoms with Gasteiger partial charge in [0, 0.05) is 24.0 Å². The van der Waals surface area contributed by atoms with E-state index in [2.05, 4.69) is 20.4 Å². The van der Waals surface area contributed by atoms with Crippen LogP contribution in [-0.2, 0) is 0 Å². The molecule has 0 radical (unpaired) electrons. The van der Waals surface area contributed by atoms with Crippen LogP contribution in [-0.4, -0.2) is 32.0 Å². The van der Waals surface area contributed by atoms with E-state index in [0.29, 0.717) is 17.3 Å². The molecule has 2 N–H and O–H groups in total. The van der Waals surface area contributed by atoms with Crippen LogP contribution in [0.3, 0.4) is 0 Å². The van der Waals surface area contributed by atoms with Crippen molar-refractivity contribution in [1.29, 1.82) is 0 Å². The number of phenolic OH excluding ortho intramolecular Hbond substituents is 1. The summed E-state index contributed by atoms with van der Waals surface area (Å²) < 4.78 is 7.00. The molecule has 0 amide bonds. The van der Waals surface area contributed by atoms with Crippen molar-refractivity contribution >= 4 is 22.7 Å². The van der Waals surface area contributed by atoms with E-state index < -0.39 is 0 Å². The number of aromatic hydroxyl groups is 1. The van der Waals surface area contributed by atoms with Gasteiger partial charge in [-0.3, -0.25) is 0 Å². The average molecular weight is 333 g/mol. The van der Waals surface area contributed by atoms with E-state index in [-0.39, 0.29) is 5.75 Å². The third-order valence-corrected chi connectivity index (χ3v) is 3.71. The number of nitrogens with zero attached hydrogens (tertiary/aromatic N) is 4. The zero-order valence-electron chi connectivity index (χ0n) is 13.4. The lowest BCUT2D eigenvalue weighted by Gasteiger charge is -2.07. The lowest BCUT2D eigenvalue weighted by Crippen LogP contribution is -2.01. The molecule has 2 aromatic carbocycles. The van der Waals surface area contributed by atoms with Crippen LogP contribution in [0.5, 0.6) is 11.5 Å². The summed E-state index contributed by atoms with van der Waals surface area (Å²) in [6.07, 6.45) is 3.42. The molecule has 7 heteroatoms. The Labute approximate surface area is 143 Å². The number of hydrogen-bond acceptors (Lipinski definition) is 6. The number of aromatic nitrogens is 4. The van der Waals surface area contributed by atoms with Crippen LogP contribution in [0.25, 0.3) is 16.7 Å². The van der Waals surface area contributed by atoms with Gasteiger partial charge in [-0.15, -0.1) is 0 Å². The number of hydrogen-bond donors (Lipinski definition) is 2. The molecule has 124 valence electrons. The van der Waals surface area contributed by atoms with Crippen molar-refractivity contribution in [1.82, 2.24) is 19.7 Å². The smallest absolute Gasteiger partial charge is 0.229 e. The SMILES string of the molecule is COc1cccc(-n2ncc3cnc(Nc4cccc(O)c4)nc32)c1. The van der Waals surface area contributed by atoms with E-state index in [1.165, 1.54) is 0 Å². The van der Waals surface area contributed by atoms with Gasteiger partial charge in [-0.2, -0.15) is 10.1 Å². The second kappa shape index (κ2) is 6.12. The topological polar surface area (TPSA) is 85.1 Å². The predicted molar refractivity (Wildman–Crippen MR) is 94.6 cm³/mol. The maximum Gasteiger partial charge on any atom is 0.229 e. The summed E-state index contributed by atoms with van der Waals surface area (Å²) in [6.45, 7) is 0. The van der Waals surface area contributed by atoms with E-state index in [1.807, 2.05) is 30.3 Å². The van der Waals surface area contributed by atoms with Gasteiger partial charge in [0.1, 0.15) is 11.5 Å². The second-order valence-corrected chi connectivity index (χ2v) is 5.41. The largest absolute Gasteiger partial charge is 0.508 e. The Hall–Kier alpha value is -3.61. The van der Waals surface area contributed by atoms with Crippen LogP contribution in [0.15, 0.2) is 60.9 Å². The lowest BCUT2D eigenvalue weighted by atomic mass is 10.3. The Bertz CT molecular complexity index is 1040. The molecular formula is C18H15N5O2. The average Bonchev–Trinajstić information content (AvgIpc) is 3.05. The van der Waals surface area contributed by atoms with Crippen molar-refractivity contribution in [3.8, 4) is 17.2 Å². The molecule has 0 fully saturated rings. The maximum absolute atomic E-state index is 9.57. The summed E-state index contributed by atoms with van der Waals surface area (Å²) >= 11 is 0. The molecule has 0 aliphatic rings. The highest BCUT2D eigenvalue weighted by Gasteiger charge is 2.09. The first-order valence-corrected chi connectivity index (χ1v) is 7.64. The minimum Gasteiger partial charge on any atom is -0.508 e. The van der Waals surface area contributed by atoms with Crippen molar-refractivity contribution in [2.24, 2.45) is 0 Å². The highest BCUT2D eigenvalue weighted by molar-refractivity contribution is 5.77. The molecule has 0 saturated carbocycles. The van der Waals surface area contributed by atoms with Crippen molar-refractivity contribution in [2.45, 2.75) is 0 Å². The van der Waals surface area contributed by atoms with Gasteiger partial charge in [0.25, 0.3) is 0 Å². The molecule has 0 atom stereocenters. The molecule has 0 bridgehead atoms. The minimum atomic E-state index is 0.174. The Kier molecular flexibility index (Phi) is 3.66. The van der Waals surface area contributed by atoms with Crippen LogP contribution in [0.1, 0.15) is 0 Å². The highest BCUT2D eigenvalue weighted by Crippen LogP contribution is 2.22. The van der Waals surface area contributed by atoms with E-state index in [9.17, 15) is 5.11 Å². The van der Waals surface area contributed by atoms with Crippen molar-refractivity contribution < 1.29 is 9.84 Å². The number of nitrogens with one attached hydrogen (secondary N) is 1. The van der Waals surface area contributed by atoms with Gasteiger partial charge in [0.2, 0.25) is 5.95 Å². The van der Waals surface area contributed by atoms with Crippen molar-refractivity contribution in [3.63, 3.8) is 0 Å². The van der Waals surface area contributed by atoms with E-state index in [1.54, 1.807) is 42.4 Å². The highest BCUT2D eigenvalue weighted by atomic mass is 16.5. The number of anilines is 2. The van der Waals surface area contributed by atoms with Gasteiger partial charge >= 0.3 is 0 Å². The zero-order valence-corrected chi connectivity index (χ0v) is 13.4. The molecular weight excluding hydrogens is 318 g/mol. The summed E-state index contributed by atoms with van der Waals surface area (Å²) in [5, 5.41) is 17.9. The lowest BCUT2D eigenvalue weighted by molar-refractivity contribution is 0.414. The van der Waals surface area contributed by atoms with Gasteiger partial charge in [-0.1, -0.05) is 12.1 Å². The summed E-state index contributed by atoms with van der Waals surface area (Å²) in [5.74, 6) is 1.34. The van der Waals surface area contributed by atoms with Crippen LogP contribution in [0.2, 0.25) is 0 Å². The number of phenols is 1. The number of fused-ring (bicyclic) bond motifs is 1. The monoisotopic (exact) mass is 333 g/mol. The first kappa shape index (κ1) is 14.9. The molecule has 0 aliphatic carbocycles. The van der Waals surface area contributed by atoms with Gasteiger partial charge in [0.15, 0.2) is 5.65 Å². The Morgan fingerprint density at radius 1 is 1.08 bits per heavy atom. The van der Waals surface area contributed by atoms with Crippen molar-refractivity contribution in [3.05, 3.63) is 60.9 Å². The van der Waals surface area contributed by atoms with E-state index in [0.717, 1.165) is 16.8 Å². The van der Waals surface area contributed by atoms with Gasteiger partial charge in [0.05, 0.1) is 24.4 Å². The minimum absolute atomic E-state index is 0.174. The van der Waals surface area contributed by atoms with E-state index >= 15 is 0 Å². The molecule has 2 heterocycles. The third-order valence-electron chi connectivity index (χ3n) is 3.71. The molecule has 7 nitrogen and oxygen atoms in total. The molecule has 0 aliphatic heterocycles. The van der Waals surface area contributed by atoms with Crippen LogP contribution in [0, 0.1) is 0 Å². The fourth-order valence-corrected chi connectivity index (χ4v) is 2.52. The molecule has 2 aromatic heterocycles. The quantitative estimate of drug-likeness (QED) is 0.596. The predicted octanol–water partition coefficient (Wildman–Crippen LogP) is 3.27. The number of benzene rings is 2. The summed E-state index contributed by atoms with van der Waals surface area (Å²) in [4.78, 5) is 8.84. The first-order valence-electron chi connectivity index (χ1n) is 7.64. The third kappa shape index (κ3) is 2.94. The zero-order chi connectivity index (χ0) is 17.2. The Morgan fingerprint density at radius 2 is 1.96 bits per heavy atom. The van der Waals surface area contributed by atoms with E-state index in [4.69, 9.17) is 4.74 Å². The molecule has 0 unspecified atom stereocenters. The molecule has 0 spiro atoms. The summed E-state index contributed by atoms with van der Waals surface area (Å²) in [7, 11) is 1.62. The van der Waals surface area contributed by atoms with Crippen LogP contribution >= 0.6 is 0 Å². The van der Waals surface area contributed by atoms with Gasteiger partial charge in [-0.05, 0) is 24.3 Å². The second-order valence-electron chi connectivity index (χ2n) is 5.41. The fraction of sp³-hybridized carbons (Fsp3) is 0.0556. The van der Waals surface area contributed by atoms with Gasteiger partial charge < -0.3 is 15.2 Å². The molecule has 4 aromatic rings. The van der Waals surface area contributed by atoms with Crippen LogP contribution < -0.4 is 10.1 Å². The summed E-state index contributed by atoms with van der Waals surface area (Å²) in [5.41, 5.74) is 2.22. The normalized spacial score (nSPS) is 10.8. The Morgan fingerprint density at radius 3 is 2.80 bits per heavy atom. The fourth-order valence-electron chi connectivity index (χ4n) is 2.52. The summed E-state index contributed by atoms with van der Waals surface area (Å²) in [6, 6.07) is 14.4.